The first kappa shape index (κ1) is 19.4. The molecule has 0 saturated carbocycles. The summed E-state index contributed by atoms with van der Waals surface area (Å²) in [6.07, 6.45) is 1.85. The molecule has 3 heteroatoms. The molecule has 1 amide bonds. The summed E-state index contributed by atoms with van der Waals surface area (Å²) in [7, 11) is 3.60. The fourth-order valence-corrected chi connectivity index (χ4v) is 1.62. The SMILES string of the molecule is C.C.CCC(C)SCCC(=O)N(C)C. The number of amides is 1. The van der Waals surface area contributed by atoms with E-state index < -0.39 is 0 Å². The van der Waals surface area contributed by atoms with E-state index in [1.165, 1.54) is 6.42 Å². The van der Waals surface area contributed by atoms with E-state index in [1.54, 1.807) is 19.0 Å². The molecule has 88 valence electrons. The van der Waals surface area contributed by atoms with Crippen molar-refractivity contribution < 1.29 is 4.79 Å². The highest BCUT2D eigenvalue weighted by Gasteiger charge is 2.04. The highest BCUT2D eigenvalue weighted by Crippen LogP contribution is 2.14. The summed E-state index contributed by atoms with van der Waals surface area (Å²) in [6, 6.07) is 0. The number of thioether (sulfide) groups is 1. The van der Waals surface area contributed by atoms with Crippen molar-refractivity contribution in [2.24, 2.45) is 0 Å². The van der Waals surface area contributed by atoms with Gasteiger partial charge in [0.05, 0.1) is 0 Å². The fourth-order valence-electron chi connectivity index (χ4n) is 0.689. The molecule has 0 bridgehead atoms. The van der Waals surface area contributed by atoms with Gasteiger partial charge in [0, 0.05) is 31.5 Å². The maximum Gasteiger partial charge on any atom is 0.222 e. The minimum Gasteiger partial charge on any atom is -0.349 e. The molecule has 0 aliphatic rings. The molecule has 0 saturated heterocycles. The Labute approximate surface area is 94.4 Å². The van der Waals surface area contributed by atoms with Crippen LogP contribution in [0.3, 0.4) is 0 Å². The molecule has 0 N–H and O–H groups in total. The second-order valence-electron chi connectivity index (χ2n) is 3.13. The maximum absolute atomic E-state index is 11.1. The average molecular weight is 221 g/mol. The lowest BCUT2D eigenvalue weighted by Crippen LogP contribution is -2.22. The van der Waals surface area contributed by atoms with E-state index in [4.69, 9.17) is 0 Å². The highest BCUT2D eigenvalue weighted by molar-refractivity contribution is 7.99. The topological polar surface area (TPSA) is 20.3 Å². The second kappa shape index (κ2) is 10.9. The van der Waals surface area contributed by atoms with Crippen LogP contribution in [0.1, 0.15) is 41.5 Å². The van der Waals surface area contributed by atoms with Gasteiger partial charge >= 0.3 is 0 Å². The van der Waals surface area contributed by atoms with Gasteiger partial charge < -0.3 is 4.90 Å². The van der Waals surface area contributed by atoms with E-state index in [9.17, 15) is 4.79 Å². The molecule has 0 radical (unpaired) electrons. The molecular weight excluding hydrogens is 194 g/mol. The number of nitrogens with zero attached hydrogens (tertiary/aromatic N) is 1. The normalized spacial score (nSPS) is 10.9. The van der Waals surface area contributed by atoms with Gasteiger partial charge in [0.2, 0.25) is 5.91 Å². The fraction of sp³-hybridized carbons (Fsp3) is 0.909. The number of hydrogen-bond donors (Lipinski definition) is 0. The van der Waals surface area contributed by atoms with Crippen molar-refractivity contribution in [3.63, 3.8) is 0 Å². The first-order valence-corrected chi connectivity index (χ1v) is 5.44. The van der Waals surface area contributed by atoms with Crippen LogP contribution in [0.25, 0.3) is 0 Å². The lowest BCUT2D eigenvalue weighted by atomic mass is 10.4. The summed E-state index contributed by atoms with van der Waals surface area (Å²) in [5.74, 6) is 1.18. The molecule has 0 fully saturated rings. The maximum atomic E-state index is 11.1. The molecule has 0 spiro atoms. The molecule has 0 aromatic heterocycles. The van der Waals surface area contributed by atoms with Gasteiger partial charge in [-0.3, -0.25) is 4.79 Å². The van der Waals surface area contributed by atoms with E-state index in [1.807, 2.05) is 11.8 Å². The molecule has 0 aromatic carbocycles. The average Bonchev–Trinajstić information content (AvgIpc) is 2.03. The van der Waals surface area contributed by atoms with Gasteiger partial charge in [0.1, 0.15) is 0 Å². The van der Waals surface area contributed by atoms with Crippen LogP contribution in [0.5, 0.6) is 0 Å². The van der Waals surface area contributed by atoms with Crippen molar-refractivity contribution in [1.82, 2.24) is 4.90 Å². The van der Waals surface area contributed by atoms with Crippen molar-refractivity contribution in [3.05, 3.63) is 0 Å². The van der Waals surface area contributed by atoms with Crippen molar-refractivity contribution in [2.75, 3.05) is 19.8 Å². The second-order valence-corrected chi connectivity index (χ2v) is 4.67. The summed E-state index contributed by atoms with van der Waals surface area (Å²) < 4.78 is 0. The third kappa shape index (κ3) is 9.90. The summed E-state index contributed by atoms with van der Waals surface area (Å²) in [6.45, 7) is 4.37. The van der Waals surface area contributed by atoms with E-state index in [0.29, 0.717) is 11.7 Å². The summed E-state index contributed by atoms with van der Waals surface area (Å²) in [5.41, 5.74) is 0. The standard InChI is InChI=1S/C9H19NOS.2CH4/c1-5-8(2)12-7-6-9(11)10(3)4;;/h8H,5-7H2,1-4H3;2*1H4. The molecule has 1 unspecified atom stereocenters. The molecule has 1 atom stereocenters. The van der Waals surface area contributed by atoms with Gasteiger partial charge in [0.25, 0.3) is 0 Å². The number of carbonyl (C=O) groups is 1. The zero-order chi connectivity index (χ0) is 9.56. The predicted octanol–water partition coefficient (Wildman–Crippen LogP) is 3.27. The zero-order valence-corrected chi connectivity index (χ0v) is 9.28. The summed E-state index contributed by atoms with van der Waals surface area (Å²) in [4.78, 5) is 12.8. The van der Waals surface area contributed by atoms with Crippen LogP contribution in [0.15, 0.2) is 0 Å². The Bertz CT molecular complexity index is 137. The molecule has 0 rings (SSSR count). The van der Waals surface area contributed by atoms with Crippen molar-refractivity contribution in [3.8, 4) is 0 Å². The molecule has 2 nitrogen and oxygen atoms in total. The van der Waals surface area contributed by atoms with E-state index in [0.717, 1.165) is 5.75 Å². The zero-order valence-electron chi connectivity index (χ0n) is 8.46. The van der Waals surface area contributed by atoms with Crippen LogP contribution in [-0.2, 0) is 4.79 Å². The van der Waals surface area contributed by atoms with Gasteiger partial charge in [-0.25, -0.2) is 0 Å². The van der Waals surface area contributed by atoms with Crippen LogP contribution in [-0.4, -0.2) is 35.9 Å². The smallest absolute Gasteiger partial charge is 0.222 e. The Morgan fingerprint density at radius 1 is 1.36 bits per heavy atom. The van der Waals surface area contributed by atoms with Gasteiger partial charge in [-0.15, -0.1) is 0 Å². The van der Waals surface area contributed by atoms with Crippen LogP contribution in [0, 0.1) is 0 Å². The Hall–Kier alpha value is -0.180. The van der Waals surface area contributed by atoms with Crippen molar-refractivity contribution >= 4 is 17.7 Å². The van der Waals surface area contributed by atoms with E-state index >= 15 is 0 Å². The van der Waals surface area contributed by atoms with Gasteiger partial charge in [-0.05, 0) is 6.42 Å². The third-order valence-corrected chi connectivity index (χ3v) is 3.13. The van der Waals surface area contributed by atoms with E-state index in [2.05, 4.69) is 13.8 Å². The molecule has 0 aromatic rings. The number of rotatable bonds is 5. The predicted molar refractivity (Wildman–Crippen MR) is 69.0 cm³/mol. The minimum atomic E-state index is 0. The summed E-state index contributed by atoms with van der Waals surface area (Å²) in [5, 5.41) is 0.681. The van der Waals surface area contributed by atoms with Gasteiger partial charge in [-0.2, -0.15) is 11.8 Å². The third-order valence-electron chi connectivity index (χ3n) is 1.79. The van der Waals surface area contributed by atoms with Crippen LogP contribution in [0.2, 0.25) is 0 Å². The Kier molecular flexibility index (Phi) is 15.1. The van der Waals surface area contributed by atoms with Crippen molar-refractivity contribution in [2.45, 2.75) is 46.8 Å². The lowest BCUT2D eigenvalue weighted by molar-refractivity contribution is -0.128. The van der Waals surface area contributed by atoms with Crippen LogP contribution in [0.4, 0.5) is 0 Å². The molecule has 0 aliphatic carbocycles. The first-order chi connectivity index (χ1) is 5.57. The summed E-state index contributed by atoms with van der Waals surface area (Å²) >= 11 is 1.87. The van der Waals surface area contributed by atoms with Crippen LogP contribution >= 0.6 is 11.8 Å². The molecular formula is C11H27NOS. The lowest BCUT2D eigenvalue weighted by Gasteiger charge is -2.11. The largest absolute Gasteiger partial charge is 0.349 e. The quantitative estimate of drug-likeness (QED) is 0.710. The van der Waals surface area contributed by atoms with Gasteiger partial charge in [-0.1, -0.05) is 28.7 Å². The molecule has 0 aliphatic heterocycles. The highest BCUT2D eigenvalue weighted by atomic mass is 32.2. The van der Waals surface area contributed by atoms with E-state index in [-0.39, 0.29) is 20.8 Å². The van der Waals surface area contributed by atoms with Crippen molar-refractivity contribution in [1.29, 1.82) is 0 Å². The van der Waals surface area contributed by atoms with Gasteiger partial charge in [0.15, 0.2) is 0 Å². The monoisotopic (exact) mass is 221 g/mol. The number of hydrogen-bond acceptors (Lipinski definition) is 2. The Morgan fingerprint density at radius 3 is 2.21 bits per heavy atom. The molecule has 0 heterocycles. The Morgan fingerprint density at radius 2 is 1.86 bits per heavy atom. The number of carbonyl (C=O) groups excluding carboxylic acids is 1. The van der Waals surface area contributed by atoms with Crippen LogP contribution < -0.4 is 0 Å². The molecule has 14 heavy (non-hydrogen) atoms. The Balaban J connectivity index is -0.000000605. The first-order valence-electron chi connectivity index (χ1n) is 4.39. The minimum absolute atomic E-state index is 0.